The Balaban J connectivity index is 4.22. The molecule has 0 saturated carbocycles. The molecule has 0 unspecified atom stereocenters. The van der Waals surface area contributed by atoms with Crippen LogP contribution in [0.4, 0.5) is 0 Å². The van der Waals surface area contributed by atoms with Gasteiger partial charge in [-0.3, -0.25) is 9.59 Å². The fraction of sp³-hybridized carbons (Fsp3) is 0.846. The van der Waals surface area contributed by atoms with Gasteiger partial charge in [-0.2, -0.15) is 0 Å². The minimum Gasteiger partial charge on any atom is -0.356 e. The number of rotatable bonds is 8. The molecule has 0 aliphatic rings. The average Bonchev–Trinajstić information content (AvgIpc) is 2.35. The molecular formula is C13H25NO2S2. The maximum Gasteiger partial charge on any atom is 0.224 e. The molecule has 18 heavy (non-hydrogen) atoms. The van der Waals surface area contributed by atoms with Crippen LogP contribution in [0, 0.1) is 5.92 Å². The molecule has 3 nitrogen and oxygen atoms in total. The van der Waals surface area contributed by atoms with E-state index in [1.54, 1.807) is 0 Å². The fourth-order valence-electron chi connectivity index (χ4n) is 1.14. The van der Waals surface area contributed by atoms with Crippen molar-refractivity contribution in [3.8, 4) is 0 Å². The summed E-state index contributed by atoms with van der Waals surface area (Å²) >= 11 is 0. The van der Waals surface area contributed by atoms with E-state index in [0.717, 1.165) is 19.4 Å². The lowest BCUT2D eigenvalue weighted by atomic mass is 9.96. The zero-order valence-electron chi connectivity index (χ0n) is 12.0. The van der Waals surface area contributed by atoms with E-state index in [-0.39, 0.29) is 21.7 Å². The summed E-state index contributed by atoms with van der Waals surface area (Å²) in [6, 6.07) is 0. The largest absolute Gasteiger partial charge is 0.356 e. The quantitative estimate of drug-likeness (QED) is 0.548. The van der Waals surface area contributed by atoms with E-state index < -0.39 is 0 Å². The molecule has 0 spiro atoms. The Morgan fingerprint density at radius 1 is 1.28 bits per heavy atom. The Morgan fingerprint density at radius 3 is 2.39 bits per heavy atom. The topological polar surface area (TPSA) is 46.2 Å². The summed E-state index contributed by atoms with van der Waals surface area (Å²) in [7, 11) is 2.75. The van der Waals surface area contributed by atoms with Crippen molar-refractivity contribution < 1.29 is 9.59 Å². The Bertz CT molecular complexity index is 280. The third-order valence-corrected chi connectivity index (χ3v) is 6.34. The summed E-state index contributed by atoms with van der Waals surface area (Å²) in [6.07, 6.45) is 2.62. The number of carbonyl (C=O) groups excluding carboxylic acids is 2. The van der Waals surface area contributed by atoms with E-state index in [4.69, 9.17) is 0 Å². The van der Waals surface area contributed by atoms with Crippen molar-refractivity contribution in [2.24, 2.45) is 5.92 Å². The first-order valence-corrected chi connectivity index (χ1v) is 8.66. The molecule has 1 atom stereocenters. The zero-order valence-corrected chi connectivity index (χ0v) is 13.7. The minimum absolute atomic E-state index is 0.0745. The molecule has 0 aromatic rings. The third-order valence-electron chi connectivity index (χ3n) is 2.90. The van der Waals surface area contributed by atoms with Crippen molar-refractivity contribution in [1.82, 2.24) is 5.32 Å². The molecule has 0 aromatic heterocycles. The molecule has 0 aliphatic heterocycles. The average molecular weight is 291 g/mol. The Hall–Kier alpha value is -0.160. The van der Waals surface area contributed by atoms with E-state index in [0.29, 0.717) is 6.42 Å². The van der Waals surface area contributed by atoms with Gasteiger partial charge in [0.1, 0.15) is 0 Å². The van der Waals surface area contributed by atoms with Gasteiger partial charge < -0.3 is 5.32 Å². The fourth-order valence-corrected chi connectivity index (χ4v) is 3.53. The predicted molar refractivity (Wildman–Crippen MR) is 81.6 cm³/mol. The van der Waals surface area contributed by atoms with Gasteiger partial charge in [0.2, 0.25) is 5.91 Å². The second-order valence-corrected chi connectivity index (χ2v) is 7.70. The van der Waals surface area contributed by atoms with E-state index >= 15 is 0 Å². The van der Waals surface area contributed by atoms with E-state index in [2.05, 4.69) is 12.2 Å². The highest BCUT2D eigenvalue weighted by molar-refractivity contribution is 8.82. The van der Waals surface area contributed by atoms with Crippen LogP contribution in [0.3, 0.4) is 0 Å². The molecule has 5 heteroatoms. The molecule has 0 radical (unpaired) electrons. The SMILES string of the molecule is CCCCNC(=O)[C@@H](C)C(C)(C)SSC(=O)CC. The monoisotopic (exact) mass is 291 g/mol. The normalized spacial score (nSPS) is 13.2. The van der Waals surface area contributed by atoms with Crippen LogP contribution in [0.5, 0.6) is 0 Å². The van der Waals surface area contributed by atoms with Crippen LogP contribution in [0.1, 0.15) is 53.9 Å². The van der Waals surface area contributed by atoms with Gasteiger partial charge >= 0.3 is 0 Å². The molecule has 106 valence electrons. The first-order valence-electron chi connectivity index (χ1n) is 6.51. The second-order valence-electron chi connectivity index (χ2n) is 4.86. The molecule has 0 heterocycles. The maximum atomic E-state index is 12.0. The van der Waals surface area contributed by atoms with Crippen molar-refractivity contribution in [3.05, 3.63) is 0 Å². The molecule has 0 saturated heterocycles. The first-order chi connectivity index (χ1) is 8.35. The molecule has 0 fully saturated rings. The third kappa shape index (κ3) is 6.69. The van der Waals surface area contributed by atoms with Gasteiger partial charge in [0.25, 0.3) is 0 Å². The first kappa shape index (κ1) is 17.8. The van der Waals surface area contributed by atoms with Crippen LogP contribution in [0.25, 0.3) is 0 Å². The highest BCUT2D eigenvalue weighted by Gasteiger charge is 2.32. The Labute approximate surface area is 119 Å². The zero-order chi connectivity index (χ0) is 14.2. The Morgan fingerprint density at radius 2 is 1.89 bits per heavy atom. The lowest BCUT2D eigenvalue weighted by molar-refractivity contribution is -0.125. The number of unbranched alkanes of at least 4 members (excludes halogenated alkanes) is 1. The van der Waals surface area contributed by atoms with Crippen molar-refractivity contribution >= 4 is 32.6 Å². The van der Waals surface area contributed by atoms with Crippen molar-refractivity contribution in [1.29, 1.82) is 0 Å². The lowest BCUT2D eigenvalue weighted by Gasteiger charge is -2.29. The molecule has 0 bridgehead atoms. The lowest BCUT2D eigenvalue weighted by Crippen LogP contribution is -2.39. The molecule has 1 amide bonds. The van der Waals surface area contributed by atoms with Crippen LogP contribution in [-0.2, 0) is 9.59 Å². The Kier molecular flexibility index (Phi) is 8.78. The van der Waals surface area contributed by atoms with Gasteiger partial charge in [0, 0.05) is 17.7 Å². The summed E-state index contributed by atoms with van der Waals surface area (Å²) in [5, 5.41) is 3.10. The van der Waals surface area contributed by atoms with Gasteiger partial charge in [-0.25, -0.2) is 0 Å². The summed E-state index contributed by atoms with van der Waals surface area (Å²) in [5.41, 5.74) is 0. The smallest absolute Gasteiger partial charge is 0.224 e. The number of hydrogen-bond acceptors (Lipinski definition) is 4. The van der Waals surface area contributed by atoms with Gasteiger partial charge in [-0.05, 0) is 31.1 Å². The highest BCUT2D eigenvalue weighted by Crippen LogP contribution is 2.41. The summed E-state index contributed by atoms with van der Waals surface area (Å²) in [6.45, 7) is 10.6. The maximum absolute atomic E-state index is 12.0. The number of nitrogens with one attached hydrogen (secondary N) is 1. The molecule has 0 rings (SSSR count). The molecule has 0 aliphatic carbocycles. The number of amides is 1. The number of carbonyl (C=O) groups is 2. The van der Waals surface area contributed by atoms with Crippen LogP contribution in [0.2, 0.25) is 0 Å². The van der Waals surface area contributed by atoms with Crippen LogP contribution in [0.15, 0.2) is 0 Å². The van der Waals surface area contributed by atoms with Crippen molar-refractivity contribution in [2.75, 3.05) is 6.54 Å². The number of hydrogen-bond donors (Lipinski definition) is 1. The standard InChI is InChI=1S/C13H25NO2S2/c1-6-8-9-14-12(16)10(3)13(4,5)18-17-11(15)7-2/h10H,6-9H2,1-5H3,(H,14,16)/t10-/m1/s1. The van der Waals surface area contributed by atoms with Crippen LogP contribution in [-0.4, -0.2) is 22.3 Å². The minimum atomic E-state index is -0.244. The van der Waals surface area contributed by atoms with Gasteiger partial charge in [-0.1, -0.05) is 38.0 Å². The van der Waals surface area contributed by atoms with E-state index in [1.165, 1.54) is 21.6 Å². The van der Waals surface area contributed by atoms with Crippen LogP contribution >= 0.6 is 21.6 Å². The van der Waals surface area contributed by atoms with Crippen molar-refractivity contribution in [2.45, 2.75) is 58.6 Å². The van der Waals surface area contributed by atoms with E-state index in [9.17, 15) is 9.59 Å². The molecular weight excluding hydrogens is 266 g/mol. The van der Waals surface area contributed by atoms with Gasteiger partial charge in [0.15, 0.2) is 5.12 Å². The molecule has 0 aromatic carbocycles. The predicted octanol–water partition coefficient (Wildman–Crippen LogP) is 3.64. The highest BCUT2D eigenvalue weighted by atomic mass is 33.1. The summed E-state index contributed by atoms with van der Waals surface area (Å²) in [4.78, 5) is 23.3. The summed E-state index contributed by atoms with van der Waals surface area (Å²) in [5.74, 6) is -0.0398. The van der Waals surface area contributed by atoms with Crippen LogP contribution < -0.4 is 5.32 Å². The second kappa shape index (κ2) is 8.86. The van der Waals surface area contributed by atoms with Gasteiger partial charge in [0.05, 0.1) is 5.92 Å². The van der Waals surface area contributed by atoms with E-state index in [1.807, 2.05) is 27.7 Å². The summed E-state index contributed by atoms with van der Waals surface area (Å²) < 4.78 is -0.244. The molecule has 1 N–H and O–H groups in total. The van der Waals surface area contributed by atoms with Crippen molar-refractivity contribution in [3.63, 3.8) is 0 Å². The van der Waals surface area contributed by atoms with Gasteiger partial charge in [-0.15, -0.1) is 0 Å².